The summed E-state index contributed by atoms with van der Waals surface area (Å²) in [5, 5.41) is 0. The summed E-state index contributed by atoms with van der Waals surface area (Å²) in [5.74, 6) is 0.872. The average Bonchev–Trinajstić information content (AvgIpc) is 3.23. The summed E-state index contributed by atoms with van der Waals surface area (Å²) in [4.78, 5) is 14.0. The van der Waals surface area contributed by atoms with Crippen molar-refractivity contribution < 1.29 is 4.79 Å². The molecule has 0 amide bonds. The van der Waals surface area contributed by atoms with E-state index in [1.807, 2.05) is 25.1 Å². The molecule has 2 nitrogen and oxygen atoms in total. The molecule has 1 saturated carbocycles. The third-order valence-corrected chi connectivity index (χ3v) is 3.91. The lowest BCUT2D eigenvalue weighted by atomic mass is 9.83. The van der Waals surface area contributed by atoms with Gasteiger partial charge in [-0.1, -0.05) is 37.3 Å². The Bertz CT molecular complexity index is 385. The lowest BCUT2D eigenvalue weighted by Gasteiger charge is -2.31. The molecular formula is C16H23NO. The second-order valence-electron chi connectivity index (χ2n) is 5.67. The largest absolute Gasteiger partial charge is 0.302 e. The van der Waals surface area contributed by atoms with Crippen molar-refractivity contribution in [3.8, 4) is 0 Å². The molecular weight excluding hydrogens is 222 g/mol. The van der Waals surface area contributed by atoms with Gasteiger partial charge < -0.3 is 9.69 Å². The molecule has 1 aromatic rings. The maximum atomic E-state index is 11.6. The predicted molar refractivity (Wildman–Crippen MR) is 74.7 cm³/mol. The van der Waals surface area contributed by atoms with Crippen molar-refractivity contribution in [1.29, 1.82) is 0 Å². The second-order valence-corrected chi connectivity index (χ2v) is 5.67. The average molecular weight is 245 g/mol. The number of aldehydes is 1. The van der Waals surface area contributed by atoms with Crippen molar-refractivity contribution >= 4 is 6.29 Å². The van der Waals surface area contributed by atoms with Crippen LogP contribution in [0.25, 0.3) is 0 Å². The SMILES string of the molecule is CCN(CC1CC1)CC(C)(C=O)c1ccccc1. The van der Waals surface area contributed by atoms with Gasteiger partial charge in [0.05, 0.1) is 5.41 Å². The first-order valence-corrected chi connectivity index (χ1v) is 6.92. The van der Waals surface area contributed by atoms with Gasteiger partial charge in [-0.15, -0.1) is 0 Å². The molecule has 0 heterocycles. The minimum Gasteiger partial charge on any atom is -0.302 e. The van der Waals surface area contributed by atoms with E-state index in [9.17, 15) is 4.79 Å². The third-order valence-electron chi connectivity index (χ3n) is 3.91. The van der Waals surface area contributed by atoms with Gasteiger partial charge in [0.1, 0.15) is 6.29 Å². The molecule has 0 saturated heterocycles. The molecule has 1 aromatic carbocycles. The quantitative estimate of drug-likeness (QED) is 0.688. The van der Waals surface area contributed by atoms with Gasteiger partial charge in [0.2, 0.25) is 0 Å². The van der Waals surface area contributed by atoms with E-state index < -0.39 is 0 Å². The monoisotopic (exact) mass is 245 g/mol. The van der Waals surface area contributed by atoms with Crippen LogP contribution in [0.5, 0.6) is 0 Å². The van der Waals surface area contributed by atoms with Gasteiger partial charge in [0.15, 0.2) is 0 Å². The van der Waals surface area contributed by atoms with Crippen molar-refractivity contribution in [2.45, 2.75) is 32.1 Å². The Morgan fingerprint density at radius 3 is 2.50 bits per heavy atom. The van der Waals surface area contributed by atoms with Crippen LogP contribution in [0, 0.1) is 5.92 Å². The van der Waals surface area contributed by atoms with Gasteiger partial charge in [-0.05, 0) is 37.8 Å². The molecule has 0 radical (unpaired) electrons. The highest BCUT2D eigenvalue weighted by molar-refractivity contribution is 5.68. The topological polar surface area (TPSA) is 20.3 Å². The normalized spacial score (nSPS) is 18.6. The maximum Gasteiger partial charge on any atom is 0.131 e. The summed E-state index contributed by atoms with van der Waals surface area (Å²) in [6, 6.07) is 10.1. The zero-order valence-corrected chi connectivity index (χ0v) is 11.4. The van der Waals surface area contributed by atoms with Gasteiger partial charge in [-0.3, -0.25) is 0 Å². The predicted octanol–water partition coefficient (Wildman–Crippen LogP) is 2.88. The first-order valence-electron chi connectivity index (χ1n) is 6.92. The summed E-state index contributed by atoms with van der Waals surface area (Å²) in [6.45, 7) is 7.22. The molecule has 2 heteroatoms. The molecule has 2 rings (SSSR count). The van der Waals surface area contributed by atoms with E-state index in [0.29, 0.717) is 0 Å². The van der Waals surface area contributed by atoms with E-state index in [1.165, 1.54) is 12.8 Å². The summed E-state index contributed by atoms with van der Waals surface area (Å²) in [7, 11) is 0. The molecule has 0 aromatic heterocycles. The molecule has 0 spiro atoms. The first kappa shape index (κ1) is 13.3. The number of hydrogen-bond donors (Lipinski definition) is 0. The number of hydrogen-bond acceptors (Lipinski definition) is 2. The first-order chi connectivity index (χ1) is 8.68. The molecule has 18 heavy (non-hydrogen) atoms. The van der Waals surface area contributed by atoms with Crippen LogP contribution in [0.1, 0.15) is 32.3 Å². The number of likely N-dealkylation sites (N-methyl/N-ethyl adjacent to an activating group) is 1. The Kier molecular flexibility index (Phi) is 4.18. The van der Waals surface area contributed by atoms with Crippen LogP contribution in [-0.2, 0) is 10.2 Å². The van der Waals surface area contributed by atoms with E-state index in [1.54, 1.807) is 0 Å². The Morgan fingerprint density at radius 2 is 2.00 bits per heavy atom. The number of rotatable bonds is 7. The highest BCUT2D eigenvalue weighted by atomic mass is 16.1. The van der Waals surface area contributed by atoms with Crippen LogP contribution in [0.4, 0.5) is 0 Å². The third kappa shape index (κ3) is 3.20. The van der Waals surface area contributed by atoms with Crippen molar-refractivity contribution in [3.63, 3.8) is 0 Å². The number of benzene rings is 1. The van der Waals surface area contributed by atoms with Crippen LogP contribution in [0.3, 0.4) is 0 Å². The van der Waals surface area contributed by atoms with E-state index in [2.05, 4.69) is 24.0 Å². The van der Waals surface area contributed by atoms with Gasteiger partial charge in [-0.2, -0.15) is 0 Å². The Labute approximate surface area is 110 Å². The van der Waals surface area contributed by atoms with Crippen LogP contribution >= 0.6 is 0 Å². The summed E-state index contributed by atoms with van der Waals surface area (Å²) >= 11 is 0. The number of carbonyl (C=O) groups excluding carboxylic acids is 1. The highest BCUT2D eigenvalue weighted by Crippen LogP contribution is 2.31. The minimum absolute atomic E-state index is 0.383. The molecule has 1 aliphatic carbocycles. The fourth-order valence-corrected chi connectivity index (χ4v) is 2.45. The van der Waals surface area contributed by atoms with Crippen molar-refractivity contribution in [2.24, 2.45) is 5.92 Å². The number of nitrogens with zero attached hydrogens (tertiary/aromatic N) is 1. The maximum absolute atomic E-state index is 11.6. The Hall–Kier alpha value is -1.15. The fourth-order valence-electron chi connectivity index (χ4n) is 2.45. The lowest BCUT2D eigenvalue weighted by molar-refractivity contribution is -0.112. The van der Waals surface area contributed by atoms with Crippen LogP contribution < -0.4 is 0 Å². The van der Waals surface area contributed by atoms with Crippen LogP contribution in [0.15, 0.2) is 30.3 Å². The molecule has 0 N–H and O–H groups in total. The zero-order valence-electron chi connectivity index (χ0n) is 11.4. The van der Waals surface area contributed by atoms with Crippen molar-refractivity contribution in [3.05, 3.63) is 35.9 Å². The van der Waals surface area contributed by atoms with Gasteiger partial charge in [0, 0.05) is 13.1 Å². The molecule has 98 valence electrons. The van der Waals surface area contributed by atoms with E-state index in [-0.39, 0.29) is 5.41 Å². The highest BCUT2D eigenvalue weighted by Gasteiger charge is 2.31. The lowest BCUT2D eigenvalue weighted by Crippen LogP contribution is -2.41. The molecule has 1 fully saturated rings. The minimum atomic E-state index is -0.383. The van der Waals surface area contributed by atoms with E-state index >= 15 is 0 Å². The zero-order chi connectivity index (χ0) is 13.0. The molecule has 1 atom stereocenters. The molecule has 1 unspecified atom stereocenters. The smallest absolute Gasteiger partial charge is 0.131 e. The van der Waals surface area contributed by atoms with E-state index in [0.717, 1.165) is 37.4 Å². The molecule has 0 bridgehead atoms. The summed E-state index contributed by atoms with van der Waals surface area (Å²) in [5.41, 5.74) is 0.737. The summed E-state index contributed by atoms with van der Waals surface area (Å²) in [6.07, 6.45) is 3.83. The van der Waals surface area contributed by atoms with Crippen LogP contribution in [0.2, 0.25) is 0 Å². The van der Waals surface area contributed by atoms with Gasteiger partial charge in [0.25, 0.3) is 0 Å². The van der Waals surface area contributed by atoms with Crippen LogP contribution in [-0.4, -0.2) is 30.8 Å². The second kappa shape index (κ2) is 5.66. The van der Waals surface area contributed by atoms with Crippen molar-refractivity contribution in [1.82, 2.24) is 4.90 Å². The van der Waals surface area contributed by atoms with Crippen molar-refractivity contribution in [2.75, 3.05) is 19.6 Å². The fraction of sp³-hybridized carbons (Fsp3) is 0.562. The van der Waals surface area contributed by atoms with E-state index in [4.69, 9.17) is 0 Å². The standard InChI is InChI=1S/C16H23NO/c1-3-17(11-14-9-10-14)12-16(2,13-18)15-7-5-4-6-8-15/h4-8,13-14H,3,9-12H2,1-2H3. The Balaban J connectivity index is 2.08. The number of carbonyl (C=O) groups is 1. The van der Waals surface area contributed by atoms with Gasteiger partial charge in [-0.25, -0.2) is 0 Å². The molecule has 0 aliphatic heterocycles. The molecule has 1 aliphatic rings. The summed E-state index contributed by atoms with van der Waals surface area (Å²) < 4.78 is 0. The Morgan fingerprint density at radius 1 is 1.33 bits per heavy atom. The van der Waals surface area contributed by atoms with Gasteiger partial charge >= 0.3 is 0 Å².